The van der Waals surface area contributed by atoms with Crippen LogP contribution >= 0.6 is 11.6 Å². The predicted octanol–water partition coefficient (Wildman–Crippen LogP) is 1.22. The van der Waals surface area contributed by atoms with Crippen molar-refractivity contribution in [3.8, 4) is 0 Å². The lowest BCUT2D eigenvalue weighted by Gasteiger charge is -2.47. The third kappa shape index (κ3) is 3.89. The fourth-order valence-electron chi connectivity index (χ4n) is 4.28. The molecule has 3 saturated heterocycles. The van der Waals surface area contributed by atoms with Gasteiger partial charge < -0.3 is 24.6 Å². The van der Waals surface area contributed by atoms with Crippen LogP contribution in [0.15, 0.2) is 24.3 Å². The standard InChI is InChI=1S/C20H26ClN3O4/c1-23-8-6-20(7-9-23)13-24(10-11-28-20)19(26)18-17(22-16(25)12-27-18)14-4-2-3-5-15(14)21/h2-5,17-18H,6-13H2,1H3,(H,22,25)/t17-,18+/m1/s1. The van der Waals surface area contributed by atoms with Crippen LogP contribution in [0.5, 0.6) is 0 Å². The molecule has 2 atom stereocenters. The van der Waals surface area contributed by atoms with E-state index in [1.165, 1.54) is 0 Å². The molecule has 0 aromatic heterocycles. The third-order valence-electron chi connectivity index (χ3n) is 5.96. The first-order valence-electron chi connectivity index (χ1n) is 9.74. The van der Waals surface area contributed by atoms with Gasteiger partial charge >= 0.3 is 0 Å². The van der Waals surface area contributed by atoms with Gasteiger partial charge in [0.15, 0.2) is 6.10 Å². The molecule has 0 bridgehead atoms. The van der Waals surface area contributed by atoms with Crippen molar-refractivity contribution < 1.29 is 19.1 Å². The highest BCUT2D eigenvalue weighted by atomic mass is 35.5. The van der Waals surface area contributed by atoms with E-state index >= 15 is 0 Å². The van der Waals surface area contributed by atoms with E-state index in [1.807, 2.05) is 23.1 Å². The van der Waals surface area contributed by atoms with E-state index in [0.29, 0.717) is 30.3 Å². The quantitative estimate of drug-likeness (QED) is 0.798. The predicted molar refractivity (Wildman–Crippen MR) is 104 cm³/mol. The summed E-state index contributed by atoms with van der Waals surface area (Å²) < 4.78 is 11.8. The summed E-state index contributed by atoms with van der Waals surface area (Å²) in [6, 6.07) is 6.63. The van der Waals surface area contributed by atoms with Crippen LogP contribution in [0.2, 0.25) is 5.02 Å². The van der Waals surface area contributed by atoms with E-state index in [-0.39, 0.29) is 24.0 Å². The van der Waals surface area contributed by atoms with Crippen molar-refractivity contribution in [1.29, 1.82) is 0 Å². The van der Waals surface area contributed by atoms with Gasteiger partial charge in [-0.2, -0.15) is 0 Å². The first kappa shape index (κ1) is 19.6. The minimum atomic E-state index is -0.793. The first-order valence-corrected chi connectivity index (χ1v) is 10.1. The normalized spacial score (nSPS) is 28.2. The average molecular weight is 408 g/mol. The topological polar surface area (TPSA) is 71.1 Å². The molecule has 152 valence electrons. The number of likely N-dealkylation sites (tertiary alicyclic amines) is 1. The monoisotopic (exact) mass is 407 g/mol. The van der Waals surface area contributed by atoms with Gasteiger partial charge in [0.25, 0.3) is 5.91 Å². The molecule has 0 unspecified atom stereocenters. The number of nitrogens with zero attached hydrogens (tertiary/aromatic N) is 2. The molecule has 3 fully saturated rings. The molecule has 1 spiro atoms. The molecule has 3 aliphatic heterocycles. The summed E-state index contributed by atoms with van der Waals surface area (Å²) in [4.78, 5) is 29.4. The molecular formula is C20H26ClN3O4. The van der Waals surface area contributed by atoms with Crippen molar-refractivity contribution in [2.75, 3.05) is 46.4 Å². The van der Waals surface area contributed by atoms with Gasteiger partial charge in [-0.15, -0.1) is 0 Å². The number of hydrogen-bond donors (Lipinski definition) is 1. The van der Waals surface area contributed by atoms with Crippen LogP contribution in [0, 0.1) is 0 Å². The SMILES string of the molecule is CN1CCC2(CC1)CN(C(=O)[C@H]1OCC(=O)N[C@@H]1c1ccccc1Cl)CCO2. The van der Waals surface area contributed by atoms with Gasteiger partial charge in [-0.1, -0.05) is 29.8 Å². The molecule has 1 N–H and O–H groups in total. The summed E-state index contributed by atoms with van der Waals surface area (Å²) in [5, 5.41) is 3.39. The molecule has 0 saturated carbocycles. The summed E-state index contributed by atoms with van der Waals surface area (Å²) in [5.74, 6) is -0.366. The van der Waals surface area contributed by atoms with E-state index < -0.39 is 12.1 Å². The molecule has 4 rings (SSSR count). The fourth-order valence-corrected chi connectivity index (χ4v) is 4.53. The van der Waals surface area contributed by atoms with Crippen LogP contribution in [-0.4, -0.2) is 79.8 Å². The maximum absolute atomic E-state index is 13.4. The van der Waals surface area contributed by atoms with Crippen LogP contribution in [0.25, 0.3) is 0 Å². The molecule has 3 aliphatic rings. The maximum atomic E-state index is 13.4. The molecule has 3 heterocycles. The van der Waals surface area contributed by atoms with Crippen molar-refractivity contribution in [1.82, 2.24) is 15.1 Å². The Balaban J connectivity index is 1.53. The zero-order valence-electron chi connectivity index (χ0n) is 16.0. The lowest BCUT2D eigenvalue weighted by Crippen LogP contribution is -2.61. The molecule has 28 heavy (non-hydrogen) atoms. The Morgan fingerprint density at radius 3 is 2.75 bits per heavy atom. The maximum Gasteiger partial charge on any atom is 0.254 e. The van der Waals surface area contributed by atoms with Crippen molar-refractivity contribution >= 4 is 23.4 Å². The summed E-state index contributed by atoms with van der Waals surface area (Å²) in [7, 11) is 2.10. The van der Waals surface area contributed by atoms with Crippen LogP contribution < -0.4 is 5.32 Å². The Hall–Kier alpha value is -1.67. The van der Waals surface area contributed by atoms with E-state index in [2.05, 4.69) is 17.3 Å². The second-order valence-electron chi connectivity index (χ2n) is 7.89. The Labute approximate surface area is 169 Å². The molecule has 7 nitrogen and oxygen atoms in total. The number of piperidine rings is 1. The average Bonchev–Trinajstić information content (AvgIpc) is 2.70. The third-order valence-corrected chi connectivity index (χ3v) is 6.30. The lowest BCUT2D eigenvalue weighted by molar-refractivity contribution is -0.173. The van der Waals surface area contributed by atoms with Gasteiger partial charge in [-0.3, -0.25) is 9.59 Å². The van der Waals surface area contributed by atoms with Crippen molar-refractivity contribution in [2.45, 2.75) is 30.6 Å². The molecule has 2 amide bonds. The van der Waals surface area contributed by atoms with Gasteiger partial charge in [0.2, 0.25) is 5.91 Å². The number of halogens is 1. The molecule has 8 heteroatoms. The Bertz CT molecular complexity index is 751. The number of morpholine rings is 2. The zero-order valence-corrected chi connectivity index (χ0v) is 16.8. The van der Waals surface area contributed by atoms with Crippen LogP contribution in [0.3, 0.4) is 0 Å². The molecule has 1 aromatic carbocycles. The van der Waals surface area contributed by atoms with Gasteiger partial charge in [-0.05, 0) is 31.5 Å². The lowest BCUT2D eigenvalue weighted by atomic mass is 9.89. The molecule has 0 aliphatic carbocycles. The first-order chi connectivity index (χ1) is 13.5. The van der Waals surface area contributed by atoms with E-state index in [1.54, 1.807) is 6.07 Å². The second kappa shape index (κ2) is 7.99. The van der Waals surface area contributed by atoms with E-state index in [0.717, 1.165) is 25.9 Å². The van der Waals surface area contributed by atoms with Crippen LogP contribution in [-0.2, 0) is 19.1 Å². The van der Waals surface area contributed by atoms with E-state index in [9.17, 15) is 9.59 Å². The smallest absolute Gasteiger partial charge is 0.254 e. The van der Waals surface area contributed by atoms with Crippen LogP contribution in [0.4, 0.5) is 0 Å². The Kier molecular flexibility index (Phi) is 5.60. The number of ether oxygens (including phenoxy) is 2. The van der Waals surface area contributed by atoms with Crippen molar-refractivity contribution in [3.63, 3.8) is 0 Å². The number of carbonyl (C=O) groups excluding carboxylic acids is 2. The van der Waals surface area contributed by atoms with Gasteiger partial charge in [0.1, 0.15) is 6.61 Å². The number of carbonyl (C=O) groups is 2. The van der Waals surface area contributed by atoms with E-state index in [4.69, 9.17) is 21.1 Å². The number of hydrogen-bond acceptors (Lipinski definition) is 5. The number of rotatable bonds is 2. The molecular weight excluding hydrogens is 382 g/mol. The number of amides is 2. The number of nitrogens with one attached hydrogen (secondary N) is 1. The van der Waals surface area contributed by atoms with Gasteiger partial charge in [-0.25, -0.2) is 0 Å². The Morgan fingerprint density at radius 1 is 1.25 bits per heavy atom. The molecule has 0 radical (unpaired) electrons. The summed E-state index contributed by atoms with van der Waals surface area (Å²) in [5.41, 5.74) is 0.413. The highest BCUT2D eigenvalue weighted by molar-refractivity contribution is 6.31. The zero-order chi connectivity index (χ0) is 19.7. The summed E-state index contributed by atoms with van der Waals surface area (Å²) >= 11 is 6.33. The largest absolute Gasteiger partial charge is 0.371 e. The fraction of sp³-hybridized carbons (Fsp3) is 0.600. The highest BCUT2D eigenvalue weighted by Gasteiger charge is 2.44. The summed E-state index contributed by atoms with van der Waals surface area (Å²) in [6.45, 7) is 3.39. The Morgan fingerprint density at radius 2 is 2.00 bits per heavy atom. The molecule has 1 aromatic rings. The van der Waals surface area contributed by atoms with Gasteiger partial charge in [0.05, 0.1) is 18.2 Å². The minimum Gasteiger partial charge on any atom is -0.371 e. The number of benzene rings is 1. The second-order valence-corrected chi connectivity index (χ2v) is 8.30. The van der Waals surface area contributed by atoms with Gasteiger partial charge in [0, 0.05) is 31.2 Å². The van der Waals surface area contributed by atoms with Crippen molar-refractivity contribution in [2.24, 2.45) is 0 Å². The minimum absolute atomic E-state index is 0.119. The van der Waals surface area contributed by atoms with Crippen LogP contribution in [0.1, 0.15) is 24.4 Å². The highest BCUT2D eigenvalue weighted by Crippen LogP contribution is 2.33. The summed E-state index contributed by atoms with van der Waals surface area (Å²) in [6.07, 6.45) is 1.02. The van der Waals surface area contributed by atoms with Crippen molar-refractivity contribution in [3.05, 3.63) is 34.9 Å².